The largest absolute Gasteiger partial charge is 0.314 e. The van der Waals surface area contributed by atoms with Crippen molar-refractivity contribution >= 4 is 11.6 Å². The molecule has 0 spiro atoms. The third-order valence-corrected chi connectivity index (χ3v) is 4.69. The standard InChI is InChI=1S/C19H18N4O/c1-19(2)15-7-6-14(9-17(15)22(3)18(19)24)23-11-16(21-12-23)13-5-4-8-20-10-13/h4-12H,1-3H3. The normalized spacial score (nSPS) is 15.6. The summed E-state index contributed by atoms with van der Waals surface area (Å²) in [4.78, 5) is 22.7. The summed E-state index contributed by atoms with van der Waals surface area (Å²) in [6, 6.07) is 9.98. The summed E-state index contributed by atoms with van der Waals surface area (Å²) in [6.45, 7) is 3.93. The van der Waals surface area contributed by atoms with Gasteiger partial charge >= 0.3 is 0 Å². The lowest BCUT2D eigenvalue weighted by Crippen LogP contribution is -2.33. The Bertz CT molecular complexity index is 928. The Kier molecular flexibility index (Phi) is 3.06. The van der Waals surface area contributed by atoms with E-state index in [2.05, 4.69) is 9.97 Å². The van der Waals surface area contributed by atoms with Crippen LogP contribution in [0.1, 0.15) is 19.4 Å². The van der Waals surface area contributed by atoms with Gasteiger partial charge in [-0.05, 0) is 43.7 Å². The molecule has 3 aromatic rings. The van der Waals surface area contributed by atoms with Crippen LogP contribution < -0.4 is 4.90 Å². The maximum Gasteiger partial charge on any atom is 0.236 e. The second-order valence-corrected chi connectivity index (χ2v) is 6.60. The molecule has 0 saturated carbocycles. The monoisotopic (exact) mass is 318 g/mol. The second kappa shape index (κ2) is 5.03. The van der Waals surface area contributed by atoms with Crippen LogP contribution in [-0.4, -0.2) is 27.5 Å². The van der Waals surface area contributed by atoms with Crippen molar-refractivity contribution in [3.8, 4) is 16.9 Å². The van der Waals surface area contributed by atoms with E-state index in [1.807, 2.05) is 62.0 Å². The van der Waals surface area contributed by atoms with Crippen LogP contribution >= 0.6 is 0 Å². The first kappa shape index (κ1) is 14.6. The van der Waals surface area contributed by atoms with Gasteiger partial charge in [0, 0.05) is 42.6 Å². The van der Waals surface area contributed by atoms with E-state index < -0.39 is 5.41 Å². The van der Waals surface area contributed by atoms with Gasteiger partial charge in [0.05, 0.1) is 17.4 Å². The minimum atomic E-state index is -0.474. The van der Waals surface area contributed by atoms with Crippen LogP contribution in [0.15, 0.2) is 55.2 Å². The highest BCUT2D eigenvalue weighted by atomic mass is 16.2. The van der Waals surface area contributed by atoms with Gasteiger partial charge in [-0.25, -0.2) is 4.98 Å². The fourth-order valence-electron chi connectivity index (χ4n) is 3.26. The molecular weight excluding hydrogens is 300 g/mol. The van der Waals surface area contributed by atoms with Crippen LogP contribution in [0.4, 0.5) is 5.69 Å². The first-order chi connectivity index (χ1) is 11.5. The van der Waals surface area contributed by atoms with Crippen LogP contribution in [0.25, 0.3) is 16.9 Å². The molecule has 0 saturated heterocycles. The molecule has 120 valence electrons. The van der Waals surface area contributed by atoms with Crippen LogP contribution in [0.2, 0.25) is 0 Å². The highest BCUT2D eigenvalue weighted by molar-refractivity contribution is 6.07. The number of likely N-dealkylation sites (N-methyl/N-ethyl adjacent to an activating group) is 1. The number of imidazole rings is 1. The molecule has 0 unspecified atom stereocenters. The number of fused-ring (bicyclic) bond motifs is 1. The molecule has 5 nitrogen and oxygen atoms in total. The molecule has 0 atom stereocenters. The van der Waals surface area contributed by atoms with E-state index in [0.29, 0.717) is 0 Å². The summed E-state index contributed by atoms with van der Waals surface area (Å²) in [5.74, 6) is 0.122. The quantitative estimate of drug-likeness (QED) is 0.729. The predicted molar refractivity (Wildman–Crippen MR) is 93.2 cm³/mol. The van der Waals surface area contributed by atoms with Gasteiger partial charge in [0.1, 0.15) is 0 Å². The van der Waals surface area contributed by atoms with Crippen molar-refractivity contribution in [3.63, 3.8) is 0 Å². The van der Waals surface area contributed by atoms with E-state index >= 15 is 0 Å². The van der Waals surface area contributed by atoms with Crippen molar-refractivity contribution in [1.82, 2.24) is 14.5 Å². The van der Waals surface area contributed by atoms with E-state index in [0.717, 1.165) is 28.2 Å². The molecule has 0 bridgehead atoms. The Morgan fingerprint density at radius 1 is 1.17 bits per heavy atom. The molecule has 1 aromatic carbocycles. The van der Waals surface area contributed by atoms with E-state index in [-0.39, 0.29) is 5.91 Å². The number of hydrogen-bond acceptors (Lipinski definition) is 3. The van der Waals surface area contributed by atoms with Crippen molar-refractivity contribution in [3.05, 3.63) is 60.8 Å². The van der Waals surface area contributed by atoms with Crippen molar-refractivity contribution < 1.29 is 4.79 Å². The number of rotatable bonds is 2. The molecule has 1 aliphatic rings. The summed E-state index contributed by atoms with van der Waals surface area (Å²) in [7, 11) is 1.83. The van der Waals surface area contributed by atoms with Crippen molar-refractivity contribution in [2.24, 2.45) is 0 Å². The SMILES string of the molecule is CN1C(=O)C(C)(C)c2ccc(-n3cnc(-c4cccnc4)c3)cc21. The molecule has 24 heavy (non-hydrogen) atoms. The zero-order valence-corrected chi connectivity index (χ0v) is 13.9. The lowest BCUT2D eigenvalue weighted by molar-refractivity contribution is -0.121. The average molecular weight is 318 g/mol. The topological polar surface area (TPSA) is 51.0 Å². The number of anilines is 1. The molecule has 1 amide bonds. The highest BCUT2D eigenvalue weighted by Gasteiger charge is 2.42. The van der Waals surface area contributed by atoms with Gasteiger partial charge in [0.2, 0.25) is 5.91 Å². The van der Waals surface area contributed by atoms with Gasteiger partial charge < -0.3 is 9.47 Å². The summed E-state index contributed by atoms with van der Waals surface area (Å²) in [5, 5.41) is 0. The van der Waals surface area contributed by atoms with Gasteiger partial charge in [0.15, 0.2) is 0 Å². The number of benzene rings is 1. The number of hydrogen-bond donors (Lipinski definition) is 0. The fourth-order valence-corrected chi connectivity index (χ4v) is 3.26. The summed E-state index contributed by atoms with van der Waals surface area (Å²) in [6.07, 6.45) is 7.30. The fraction of sp³-hybridized carbons (Fsp3) is 0.211. The first-order valence-corrected chi connectivity index (χ1v) is 7.86. The third-order valence-electron chi connectivity index (χ3n) is 4.69. The average Bonchev–Trinajstić information content (AvgIpc) is 3.16. The number of aromatic nitrogens is 3. The van der Waals surface area contributed by atoms with Crippen molar-refractivity contribution in [1.29, 1.82) is 0 Å². The number of pyridine rings is 1. The number of carbonyl (C=O) groups excluding carboxylic acids is 1. The summed E-state index contributed by atoms with van der Waals surface area (Å²) >= 11 is 0. The molecule has 2 aromatic heterocycles. The Morgan fingerprint density at radius 3 is 2.75 bits per heavy atom. The Morgan fingerprint density at radius 2 is 2.00 bits per heavy atom. The van der Waals surface area contributed by atoms with Crippen LogP contribution in [0.3, 0.4) is 0 Å². The molecule has 0 fully saturated rings. The summed E-state index contributed by atoms with van der Waals surface area (Å²) in [5.41, 5.74) is 4.37. The van der Waals surface area contributed by atoms with Gasteiger partial charge in [-0.1, -0.05) is 6.07 Å². The Balaban J connectivity index is 1.75. The zero-order chi connectivity index (χ0) is 16.9. The van der Waals surface area contributed by atoms with Gasteiger partial charge in [-0.3, -0.25) is 9.78 Å². The minimum absolute atomic E-state index is 0.122. The Hall–Kier alpha value is -2.95. The van der Waals surface area contributed by atoms with Crippen LogP contribution in [0.5, 0.6) is 0 Å². The molecule has 3 heterocycles. The highest BCUT2D eigenvalue weighted by Crippen LogP contribution is 2.41. The maximum absolute atomic E-state index is 12.4. The zero-order valence-electron chi connectivity index (χ0n) is 13.9. The third kappa shape index (κ3) is 2.05. The molecule has 4 rings (SSSR count). The van der Waals surface area contributed by atoms with Crippen molar-refractivity contribution in [2.75, 3.05) is 11.9 Å². The van der Waals surface area contributed by atoms with E-state index in [9.17, 15) is 4.79 Å². The number of nitrogens with zero attached hydrogens (tertiary/aromatic N) is 4. The molecule has 1 aliphatic heterocycles. The number of amides is 1. The molecule has 5 heteroatoms. The van der Waals surface area contributed by atoms with Gasteiger partial charge in [0.25, 0.3) is 0 Å². The lowest BCUT2D eigenvalue weighted by atomic mass is 9.86. The molecular formula is C19H18N4O. The predicted octanol–water partition coefficient (Wildman–Crippen LogP) is 3.19. The smallest absolute Gasteiger partial charge is 0.236 e. The summed E-state index contributed by atoms with van der Waals surface area (Å²) < 4.78 is 1.96. The maximum atomic E-state index is 12.4. The van der Waals surface area contributed by atoms with E-state index in [1.54, 1.807) is 23.6 Å². The first-order valence-electron chi connectivity index (χ1n) is 7.86. The molecule has 0 aliphatic carbocycles. The Labute approximate surface area is 140 Å². The molecule has 0 radical (unpaired) electrons. The number of carbonyl (C=O) groups is 1. The lowest BCUT2D eigenvalue weighted by Gasteiger charge is -2.16. The van der Waals surface area contributed by atoms with Crippen LogP contribution in [-0.2, 0) is 10.2 Å². The van der Waals surface area contributed by atoms with E-state index in [1.165, 1.54) is 0 Å². The van der Waals surface area contributed by atoms with Gasteiger partial charge in [-0.2, -0.15) is 0 Å². The second-order valence-electron chi connectivity index (χ2n) is 6.60. The van der Waals surface area contributed by atoms with Crippen LogP contribution in [0, 0.1) is 0 Å². The van der Waals surface area contributed by atoms with E-state index in [4.69, 9.17) is 0 Å². The minimum Gasteiger partial charge on any atom is -0.314 e. The van der Waals surface area contributed by atoms with Gasteiger partial charge in [-0.15, -0.1) is 0 Å². The molecule has 0 N–H and O–H groups in total. The van der Waals surface area contributed by atoms with Crippen molar-refractivity contribution in [2.45, 2.75) is 19.3 Å².